The van der Waals surface area contributed by atoms with E-state index in [0.717, 1.165) is 10.5 Å². The number of methoxy groups -OCH3 is 1. The minimum absolute atomic E-state index is 0.0969. The van der Waals surface area contributed by atoms with Crippen LogP contribution in [0.15, 0.2) is 90.5 Å². The minimum atomic E-state index is -0.887. The molecular weight excluding hydrogens is 598 g/mol. The van der Waals surface area contributed by atoms with E-state index in [1.807, 2.05) is 12.1 Å². The fourth-order valence-corrected chi connectivity index (χ4v) is 4.60. The number of benzene rings is 4. The van der Waals surface area contributed by atoms with Crippen LogP contribution in [0.3, 0.4) is 0 Å². The zero-order chi connectivity index (χ0) is 30.5. The van der Waals surface area contributed by atoms with Gasteiger partial charge >= 0.3 is 6.03 Å². The first kappa shape index (κ1) is 29.6. The van der Waals surface area contributed by atoms with Crippen molar-refractivity contribution in [3.05, 3.63) is 123 Å². The van der Waals surface area contributed by atoms with Crippen molar-refractivity contribution >= 4 is 52.8 Å². The third kappa shape index (κ3) is 6.97. The number of nitrogens with zero attached hydrogens (tertiary/aromatic N) is 1. The maximum Gasteiger partial charge on any atom is 0.335 e. The Kier molecular flexibility index (Phi) is 8.94. The molecule has 0 aliphatic carbocycles. The summed E-state index contributed by atoms with van der Waals surface area (Å²) in [4.78, 5) is 39.6. The molecule has 8 nitrogen and oxygen atoms in total. The Hall–Kier alpha value is -4.86. The summed E-state index contributed by atoms with van der Waals surface area (Å²) in [6.07, 6.45) is 1.30. The van der Waals surface area contributed by atoms with E-state index in [2.05, 4.69) is 5.32 Å². The normalized spacial score (nSPS) is 14.1. The Morgan fingerprint density at radius 2 is 1.47 bits per heavy atom. The number of carbonyl (C=O) groups excluding carboxylic acids is 3. The molecule has 1 saturated heterocycles. The predicted octanol–water partition coefficient (Wildman–Crippen LogP) is 6.97. The van der Waals surface area contributed by atoms with Crippen LogP contribution in [0.5, 0.6) is 17.2 Å². The second kappa shape index (κ2) is 13.0. The van der Waals surface area contributed by atoms with Gasteiger partial charge in [0.2, 0.25) is 0 Å². The highest BCUT2D eigenvalue weighted by Crippen LogP contribution is 2.38. The van der Waals surface area contributed by atoms with Gasteiger partial charge in [0.25, 0.3) is 11.8 Å². The molecule has 11 heteroatoms. The number of nitrogens with one attached hydrogen (secondary N) is 1. The van der Waals surface area contributed by atoms with Crippen LogP contribution in [0, 0.1) is 5.82 Å². The van der Waals surface area contributed by atoms with Gasteiger partial charge in [-0.2, -0.15) is 0 Å². The van der Waals surface area contributed by atoms with Gasteiger partial charge in [-0.3, -0.25) is 14.9 Å². The van der Waals surface area contributed by atoms with E-state index in [4.69, 9.17) is 37.4 Å². The lowest BCUT2D eigenvalue weighted by Crippen LogP contribution is -2.54. The van der Waals surface area contributed by atoms with Crippen molar-refractivity contribution in [1.82, 2.24) is 5.32 Å². The summed E-state index contributed by atoms with van der Waals surface area (Å²) in [6, 6.07) is 21.4. The van der Waals surface area contributed by atoms with Crippen molar-refractivity contribution < 1.29 is 33.0 Å². The van der Waals surface area contributed by atoms with E-state index in [1.54, 1.807) is 36.4 Å². The van der Waals surface area contributed by atoms with E-state index in [1.165, 1.54) is 49.6 Å². The maximum atomic E-state index is 13.4. The number of amides is 4. The summed E-state index contributed by atoms with van der Waals surface area (Å²) in [7, 11) is 1.41. The first-order chi connectivity index (χ1) is 20.7. The molecule has 218 valence electrons. The first-order valence-electron chi connectivity index (χ1n) is 12.9. The number of carbonyl (C=O) groups is 3. The Labute approximate surface area is 256 Å². The number of imide groups is 2. The Morgan fingerprint density at radius 1 is 0.837 bits per heavy atom. The molecule has 0 atom stereocenters. The molecule has 1 aliphatic rings. The number of urea groups is 1. The van der Waals surface area contributed by atoms with E-state index in [0.29, 0.717) is 28.5 Å². The molecule has 4 amide bonds. The number of ether oxygens (including phenoxy) is 3. The van der Waals surface area contributed by atoms with Gasteiger partial charge in [-0.25, -0.2) is 14.1 Å². The van der Waals surface area contributed by atoms with Gasteiger partial charge in [-0.1, -0.05) is 47.5 Å². The molecule has 4 aromatic rings. The Balaban J connectivity index is 1.33. The van der Waals surface area contributed by atoms with Crippen LogP contribution in [0.25, 0.3) is 6.08 Å². The molecule has 0 aromatic heterocycles. The van der Waals surface area contributed by atoms with Gasteiger partial charge in [0, 0.05) is 5.02 Å². The lowest BCUT2D eigenvalue weighted by Gasteiger charge is -2.26. The Morgan fingerprint density at radius 3 is 2.12 bits per heavy atom. The topological polar surface area (TPSA) is 94.2 Å². The van der Waals surface area contributed by atoms with E-state index < -0.39 is 17.8 Å². The molecule has 0 radical (unpaired) electrons. The molecule has 0 saturated carbocycles. The maximum absolute atomic E-state index is 13.4. The summed E-state index contributed by atoms with van der Waals surface area (Å²) in [5.74, 6) is -1.07. The number of halogens is 3. The monoisotopic (exact) mass is 620 g/mol. The zero-order valence-electron chi connectivity index (χ0n) is 22.6. The lowest BCUT2D eigenvalue weighted by atomic mass is 10.1. The summed E-state index contributed by atoms with van der Waals surface area (Å²) in [5, 5.41) is 2.97. The summed E-state index contributed by atoms with van der Waals surface area (Å²) >= 11 is 12.4. The molecule has 1 aliphatic heterocycles. The molecule has 0 spiro atoms. The van der Waals surface area contributed by atoms with Crippen LogP contribution >= 0.6 is 23.2 Å². The van der Waals surface area contributed by atoms with Gasteiger partial charge in [-0.05, 0) is 83.4 Å². The van der Waals surface area contributed by atoms with Gasteiger partial charge < -0.3 is 14.2 Å². The molecule has 1 fully saturated rings. The smallest absolute Gasteiger partial charge is 0.335 e. The van der Waals surface area contributed by atoms with Gasteiger partial charge in [0.1, 0.15) is 30.4 Å². The fourth-order valence-electron chi connectivity index (χ4n) is 4.20. The molecule has 43 heavy (non-hydrogen) atoms. The largest absolute Gasteiger partial charge is 0.493 e. The van der Waals surface area contributed by atoms with Crippen molar-refractivity contribution in [2.75, 3.05) is 12.0 Å². The van der Waals surface area contributed by atoms with Crippen LogP contribution in [-0.4, -0.2) is 25.0 Å². The zero-order valence-corrected chi connectivity index (χ0v) is 24.1. The molecule has 5 rings (SSSR count). The van der Waals surface area contributed by atoms with Crippen LogP contribution in [0.2, 0.25) is 10.0 Å². The van der Waals surface area contributed by atoms with Crippen molar-refractivity contribution in [3.63, 3.8) is 0 Å². The molecule has 1 heterocycles. The van der Waals surface area contributed by atoms with Crippen LogP contribution in [0.1, 0.15) is 16.7 Å². The number of hydrogen-bond acceptors (Lipinski definition) is 6. The summed E-state index contributed by atoms with van der Waals surface area (Å²) in [5.41, 5.74) is 1.92. The number of barbiturate groups is 1. The third-order valence-electron chi connectivity index (χ3n) is 6.37. The molecule has 1 N–H and O–H groups in total. The van der Waals surface area contributed by atoms with E-state index >= 15 is 0 Å². The quantitative estimate of drug-likeness (QED) is 0.160. The summed E-state index contributed by atoms with van der Waals surface area (Å²) < 4.78 is 30.2. The standard InChI is InChI=1S/C32H23Cl2FN2O6/c1-41-28-16-21(15-27(34)29(28)43-18-20-4-8-23(35)9-5-20)14-26-30(38)36-32(40)37(31(26)39)24-10-12-25(13-11-24)42-17-19-2-6-22(33)7-3-19/h2-16H,17-18H2,1H3,(H,36,38,40)/b26-14+. The number of rotatable bonds is 9. The fraction of sp³-hybridized carbons (Fsp3) is 0.0938. The third-order valence-corrected chi connectivity index (χ3v) is 6.91. The molecule has 0 bridgehead atoms. The highest BCUT2D eigenvalue weighted by atomic mass is 35.5. The molecule has 0 unspecified atom stereocenters. The second-order valence-corrected chi connectivity index (χ2v) is 10.2. The van der Waals surface area contributed by atoms with E-state index in [9.17, 15) is 18.8 Å². The summed E-state index contributed by atoms with van der Waals surface area (Å²) in [6.45, 7) is 0.392. The first-order valence-corrected chi connectivity index (χ1v) is 13.6. The molecule has 4 aromatic carbocycles. The average Bonchev–Trinajstić information content (AvgIpc) is 2.99. The van der Waals surface area contributed by atoms with Crippen molar-refractivity contribution in [3.8, 4) is 17.2 Å². The number of anilines is 1. The van der Waals surface area contributed by atoms with Crippen molar-refractivity contribution in [2.24, 2.45) is 0 Å². The number of hydrogen-bond donors (Lipinski definition) is 1. The SMILES string of the molecule is COc1cc(/C=C2\C(=O)NC(=O)N(c3ccc(OCc4ccc(Cl)cc4)cc3)C2=O)cc(Cl)c1OCc1ccc(F)cc1. The van der Waals surface area contributed by atoms with Crippen LogP contribution in [-0.2, 0) is 22.8 Å². The lowest BCUT2D eigenvalue weighted by molar-refractivity contribution is -0.122. The van der Waals surface area contributed by atoms with Crippen LogP contribution in [0.4, 0.5) is 14.9 Å². The second-order valence-electron chi connectivity index (χ2n) is 9.32. The van der Waals surface area contributed by atoms with Gasteiger partial charge in [0.15, 0.2) is 11.5 Å². The van der Waals surface area contributed by atoms with Gasteiger partial charge in [0.05, 0.1) is 17.8 Å². The average molecular weight is 621 g/mol. The molecular formula is C32H23Cl2FN2O6. The van der Waals surface area contributed by atoms with Crippen LogP contribution < -0.4 is 24.4 Å². The van der Waals surface area contributed by atoms with Crippen molar-refractivity contribution in [1.29, 1.82) is 0 Å². The Bertz CT molecular complexity index is 1710. The minimum Gasteiger partial charge on any atom is -0.493 e. The highest BCUT2D eigenvalue weighted by molar-refractivity contribution is 6.39. The van der Waals surface area contributed by atoms with E-state index in [-0.39, 0.29) is 40.2 Å². The predicted molar refractivity (Wildman–Crippen MR) is 160 cm³/mol. The highest BCUT2D eigenvalue weighted by Gasteiger charge is 2.37. The van der Waals surface area contributed by atoms with Gasteiger partial charge in [-0.15, -0.1) is 0 Å². The van der Waals surface area contributed by atoms with Crippen molar-refractivity contribution in [2.45, 2.75) is 13.2 Å².